The van der Waals surface area contributed by atoms with Gasteiger partial charge in [-0.3, -0.25) is 19.7 Å². The number of para-hydroxylation sites is 3. The molecule has 4 unspecified atom stereocenters. The number of fused-ring (bicyclic) bond motifs is 3. The number of amides is 2. The molecule has 4 aromatic rings. The van der Waals surface area contributed by atoms with Crippen molar-refractivity contribution in [2.24, 2.45) is 5.41 Å². The fourth-order valence-corrected chi connectivity index (χ4v) is 8.00. The van der Waals surface area contributed by atoms with Gasteiger partial charge in [-0.05, 0) is 35.9 Å². The highest BCUT2D eigenvalue weighted by atomic mass is 16.5. The largest absolute Gasteiger partial charge is 0.496 e. The molecule has 2 fully saturated rings. The number of piperidine rings is 1. The summed E-state index contributed by atoms with van der Waals surface area (Å²) in [4.78, 5) is 45.8. The summed E-state index contributed by atoms with van der Waals surface area (Å²) in [6, 6.07) is 31.8. The fourth-order valence-electron chi connectivity index (χ4n) is 8.00. The minimum Gasteiger partial charge on any atom is -0.496 e. The van der Waals surface area contributed by atoms with E-state index >= 15 is 4.79 Å². The van der Waals surface area contributed by atoms with Crippen LogP contribution < -0.4 is 20.1 Å². The number of carbonyl (C=O) groups is 3. The summed E-state index contributed by atoms with van der Waals surface area (Å²) in [5.41, 5.74) is 0.883. The van der Waals surface area contributed by atoms with E-state index in [9.17, 15) is 9.59 Å². The van der Waals surface area contributed by atoms with Crippen LogP contribution >= 0.6 is 0 Å². The molecule has 2 amide bonds. The van der Waals surface area contributed by atoms with Gasteiger partial charge in [0.25, 0.3) is 5.91 Å². The van der Waals surface area contributed by atoms with Gasteiger partial charge in [0.1, 0.15) is 17.0 Å². The highest BCUT2D eigenvalue weighted by Crippen LogP contribution is 2.66. The lowest BCUT2D eigenvalue weighted by atomic mass is 9.55. The number of hydrogen-bond acceptors (Lipinski definition) is 6. The summed E-state index contributed by atoms with van der Waals surface area (Å²) in [6.45, 7) is 3.78. The lowest BCUT2D eigenvalue weighted by Gasteiger charge is -2.50. The molecule has 0 saturated carbocycles. The number of rotatable bonds is 6. The molecule has 2 N–H and O–H groups in total. The van der Waals surface area contributed by atoms with Crippen LogP contribution in [0.4, 0.5) is 5.69 Å². The molecular formula is C39H35N3O5. The van der Waals surface area contributed by atoms with Gasteiger partial charge in [0.15, 0.2) is 5.78 Å². The monoisotopic (exact) mass is 625 g/mol. The number of nitrogens with zero attached hydrogens (tertiary/aromatic N) is 1. The zero-order valence-electron chi connectivity index (χ0n) is 26.2. The Bertz CT molecular complexity index is 1940. The highest BCUT2D eigenvalue weighted by Gasteiger charge is 2.75. The van der Waals surface area contributed by atoms with E-state index in [1.807, 2.05) is 103 Å². The van der Waals surface area contributed by atoms with E-state index in [1.54, 1.807) is 25.2 Å². The van der Waals surface area contributed by atoms with Gasteiger partial charge in [-0.1, -0.05) is 91.5 Å². The standard InChI is InChI=1S/C39H35N3O5/c1-4-33(43)42-23-27(22-26-16-8-12-20-31(26)46-2)36(44)38(24-42)34(28-17-9-13-21-32(28)47-3)35(25-14-6-5-7-15-25)41-39(38)29-18-10-11-19-30(29)40-37(39)45/h4-22,34-35,41H,1,23-24H2,2-3H3,(H,40,45)/b27-22+. The Kier molecular flexibility index (Phi) is 7.53. The van der Waals surface area contributed by atoms with E-state index in [0.717, 1.165) is 11.1 Å². The maximum absolute atomic E-state index is 15.8. The number of methoxy groups -OCH3 is 2. The smallest absolute Gasteiger partial charge is 0.250 e. The van der Waals surface area contributed by atoms with Crippen LogP contribution in [0.25, 0.3) is 6.08 Å². The van der Waals surface area contributed by atoms with Gasteiger partial charge >= 0.3 is 0 Å². The number of ketones is 1. The molecule has 0 aromatic heterocycles. The van der Waals surface area contributed by atoms with Crippen molar-refractivity contribution < 1.29 is 23.9 Å². The number of carbonyl (C=O) groups excluding carboxylic acids is 3. The van der Waals surface area contributed by atoms with Gasteiger partial charge in [-0.2, -0.15) is 0 Å². The van der Waals surface area contributed by atoms with Crippen LogP contribution in [-0.2, 0) is 19.9 Å². The highest BCUT2D eigenvalue weighted by molar-refractivity contribution is 6.16. The average molecular weight is 626 g/mol. The van der Waals surface area contributed by atoms with E-state index in [0.29, 0.717) is 33.9 Å². The van der Waals surface area contributed by atoms with Gasteiger partial charge in [-0.15, -0.1) is 0 Å². The van der Waals surface area contributed by atoms with Crippen molar-refractivity contribution in [3.05, 3.63) is 144 Å². The Labute approximate surface area is 273 Å². The summed E-state index contributed by atoms with van der Waals surface area (Å²) in [5.74, 6) is -0.419. The summed E-state index contributed by atoms with van der Waals surface area (Å²) >= 11 is 0. The number of likely N-dealkylation sites (tertiary alicyclic amines) is 1. The first-order chi connectivity index (χ1) is 22.9. The molecule has 8 heteroatoms. The van der Waals surface area contributed by atoms with Crippen molar-refractivity contribution in [1.29, 1.82) is 0 Å². The molecule has 4 aromatic carbocycles. The summed E-state index contributed by atoms with van der Waals surface area (Å²) < 4.78 is 11.6. The molecule has 7 rings (SSSR count). The molecule has 3 heterocycles. The van der Waals surface area contributed by atoms with E-state index in [2.05, 4.69) is 17.2 Å². The molecule has 3 aliphatic heterocycles. The predicted molar refractivity (Wildman–Crippen MR) is 180 cm³/mol. The first-order valence-corrected chi connectivity index (χ1v) is 15.6. The van der Waals surface area contributed by atoms with Gasteiger partial charge in [0.05, 0.1) is 19.6 Å². The van der Waals surface area contributed by atoms with Crippen LogP contribution in [0.2, 0.25) is 0 Å². The number of hydrogen-bond donors (Lipinski definition) is 2. The average Bonchev–Trinajstić information content (AvgIpc) is 3.58. The molecule has 0 bridgehead atoms. The zero-order valence-corrected chi connectivity index (χ0v) is 26.2. The third kappa shape index (κ3) is 4.43. The summed E-state index contributed by atoms with van der Waals surface area (Å²) in [7, 11) is 3.18. The molecule has 0 radical (unpaired) electrons. The number of nitrogens with one attached hydrogen (secondary N) is 2. The minimum absolute atomic E-state index is 0.0392. The Balaban J connectivity index is 1.60. The van der Waals surface area contributed by atoms with Crippen molar-refractivity contribution in [1.82, 2.24) is 10.2 Å². The lowest BCUT2D eigenvalue weighted by molar-refractivity contribution is -0.145. The Morgan fingerprint density at radius 2 is 1.53 bits per heavy atom. The second-order valence-corrected chi connectivity index (χ2v) is 12.1. The molecule has 2 saturated heterocycles. The van der Waals surface area contributed by atoms with Crippen molar-refractivity contribution in [2.75, 3.05) is 32.6 Å². The normalized spacial score (nSPS) is 25.6. The third-order valence-electron chi connectivity index (χ3n) is 9.91. The van der Waals surface area contributed by atoms with E-state index in [-0.39, 0.29) is 30.7 Å². The Hall–Kier alpha value is -5.47. The summed E-state index contributed by atoms with van der Waals surface area (Å²) in [6.07, 6.45) is 3.04. The van der Waals surface area contributed by atoms with Crippen LogP contribution in [0.5, 0.6) is 11.5 Å². The molecule has 47 heavy (non-hydrogen) atoms. The predicted octanol–water partition coefficient (Wildman–Crippen LogP) is 5.65. The first kappa shape index (κ1) is 30.2. The van der Waals surface area contributed by atoms with Crippen molar-refractivity contribution >= 4 is 29.4 Å². The quantitative estimate of drug-likeness (QED) is 0.269. The SMILES string of the molecule is C=CC(=O)N1C/C(=C\c2ccccc2OC)C(=O)C2(C1)C(c1ccccc1OC)C(c1ccccc1)NC21C(=O)Nc2ccccc21. The van der Waals surface area contributed by atoms with E-state index < -0.39 is 22.9 Å². The Morgan fingerprint density at radius 3 is 2.28 bits per heavy atom. The van der Waals surface area contributed by atoms with E-state index in [1.165, 1.54) is 6.08 Å². The van der Waals surface area contributed by atoms with Gasteiger partial charge in [0.2, 0.25) is 5.91 Å². The molecule has 8 nitrogen and oxygen atoms in total. The molecule has 3 aliphatic rings. The number of ether oxygens (including phenoxy) is 2. The van der Waals surface area contributed by atoms with Crippen LogP contribution in [0.3, 0.4) is 0 Å². The van der Waals surface area contributed by atoms with Crippen molar-refractivity contribution in [3.63, 3.8) is 0 Å². The first-order valence-electron chi connectivity index (χ1n) is 15.6. The maximum Gasteiger partial charge on any atom is 0.250 e. The van der Waals surface area contributed by atoms with Gasteiger partial charge in [0, 0.05) is 53.0 Å². The molecule has 4 atom stereocenters. The van der Waals surface area contributed by atoms with E-state index in [4.69, 9.17) is 9.47 Å². The minimum atomic E-state index is -1.56. The molecule has 236 valence electrons. The van der Waals surface area contributed by atoms with Crippen molar-refractivity contribution in [3.8, 4) is 11.5 Å². The number of benzene rings is 4. The van der Waals surface area contributed by atoms with Crippen LogP contribution in [-0.4, -0.2) is 49.8 Å². The number of anilines is 1. The zero-order chi connectivity index (χ0) is 32.8. The fraction of sp³-hybridized carbons (Fsp3) is 0.205. The van der Waals surface area contributed by atoms with Crippen LogP contribution in [0.1, 0.15) is 34.2 Å². The second-order valence-electron chi connectivity index (χ2n) is 12.1. The molecule has 0 aliphatic carbocycles. The third-order valence-corrected chi connectivity index (χ3v) is 9.91. The Morgan fingerprint density at radius 1 is 0.872 bits per heavy atom. The van der Waals surface area contributed by atoms with Crippen LogP contribution in [0, 0.1) is 5.41 Å². The second kappa shape index (κ2) is 11.7. The summed E-state index contributed by atoms with van der Waals surface area (Å²) in [5, 5.41) is 6.85. The number of Topliss-reactive ketones (excluding diaryl/α,β-unsaturated/α-hetero) is 1. The topological polar surface area (TPSA) is 97.0 Å². The lowest BCUT2D eigenvalue weighted by Crippen LogP contribution is -2.66. The van der Waals surface area contributed by atoms with Crippen molar-refractivity contribution in [2.45, 2.75) is 17.5 Å². The van der Waals surface area contributed by atoms with Gasteiger partial charge < -0.3 is 19.7 Å². The van der Waals surface area contributed by atoms with Crippen LogP contribution in [0.15, 0.2) is 121 Å². The molecule has 2 spiro atoms. The van der Waals surface area contributed by atoms with Gasteiger partial charge in [-0.25, -0.2) is 0 Å². The maximum atomic E-state index is 15.8. The molecular weight excluding hydrogens is 590 g/mol.